The highest BCUT2D eigenvalue weighted by Gasteiger charge is 2.21. The number of hydrogen-bond acceptors (Lipinski definition) is 1. The maximum absolute atomic E-state index is 3.60. The Bertz CT molecular complexity index is 476. The van der Waals surface area contributed by atoms with Crippen molar-refractivity contribution in [3.63, 3.8) is 0 Å². The summed E-state index contributed by atoms with van der Waals surface area (Å²) < 4.78 is 0. The summed E-state index contributed by atoms with van der Waals surface area (Å²) in [5.74, 6) is 0. The number of para-hydroxylation sites is 1. The molecule has 0 saturated heterocycles. The van der Waals surface area contributed by atoms with Gasteiger partial charge in [-0.1, -0.05) is 42.5 Å². The molecule has 0 heterocycles. The van der Waals surface area contributed by atoms with Crippen LogP contribution < -0.4 is 5.32 Å². The van der Waals surface area contributed by atoms with Crippen LogP contribution in [0.3, 0.4) is 0 Å². The number of rotatable bonds is 2. The lowest BCUT2D eigenvalue weighted by atomic mass is 10.1. The topological polar surface area (TPSA) is 12.0 Å². The molecule has 0 fully saturated rings. The third-order valence-corrected chi connectivity index (χ3v) is 3.25. The van der Waals surface area contributed by atoms with Crippen LogP contribution in [0.25, 0.3) is 0 Å². The number of benzene rings is 2. The Labute approximate surface area is 96.1 Å². The van der Waals surface area contributed by atoms with Gasteiger partial charge in [0, 0.05) is 5.69 Å². The third kappa shape index (κ3) is 1.69. The molecule has 1 N–H and O–H groups in total. The Morgan fingerprint density at radius 1 is 0.875 bits per heavy atom. The second kappa shape index (κ2) is 4.01. The fraction of sp³-hybridized carbons (Fsp3) is 0.200. The molecule has 3 rings (SSSR count). The van der Waals surface area contributed by atoms with E-state index in [0.717, 1.165) is 0 Å². The maximum Gasteiger partial charge on any atom is 0.0519 e. The SMILES string of the molecule is c1ccc(NC2CCc3ccccc32)cc1. The predicted molar refractivity (Wildman–Crippen MR) is 67.6 cm³/mol. The van der Waals surface area contributed by atoms with Crippen molar-refractivity contribution in [2.45, 2.75) is 18.9 Å². The van der Waals surface area contributed by atoms with Gasteiger partial charge in [-0.25, -0.2) is 0 Å². The van der Waals surface area contributed by atoms with Gasteiger partial charge in [0.1, 0.15) is 0 Å². The van der Waals surface area contributed by atoms with E-state index in [1.807, 2.05) is 6.07 Å². The Hall–Kier alpha value is -1.76. The second-order valence-electron chi connectivity index (χ2n) is 4.30. The Kier molecular flexibility index (Phi) is 2.37. The number of fused-ring (bicyclic) bond motifs is 1. The zero-order valence-electron chi connectivity index (χ0n) is 9.19. The van der Waals surface area contributed by atoms with Crippen molar-refractivity contribution in [3.05, 3.63) is 65.7 Å². The van der Waals surface area contributed by atoms with Gasteiger partial charge in [-0.2, -0.15) is 0 Å². The smallest absolute Gasteiger partial charge is 0.0519 e. The summed E-state index contributed by atoms with van der Waals surface area (Å²) in [6, 6.07) is 19.7. The minimum absolute atomic E-state index is 0.485. The van der Waals surface area contributed by atoms with Crippen molar-refractivity contribution in [2.75, 3.05) is 5.32 Å². The van der Waals surface area contributed by atoms with E-state index < -0.39 is 0 Å². The number of hydrogen-bond donors (Lipinski definition) is 1. The van der Waals surface area contributed by atoms with E-state index in [4.69, 9.17) is 0 Å². The summed E-state index contributed by atoms with van der Waals surface area (Å²) >= 11 is 0. The van der Waals surface area contributed by atoms with E-state index in [-0.39, 0.29) is 0 Å². The number of nitrogens with one attached hydrogen (secondary N) is 1. The van der Waals surface area contributed by atoms with Gasteiger partial charge >= 0.3 is 0 Å². The standard InChI is InChI=1S/C15H15N/c1-2-7-13(8-3-1)16-15-11-10-12-6-4-5-9-14(12)15/h1-9,15-16H,10-11H2. The molecule has 2 aromatic rings. The highest BCUT2D eigenvalue weighted by Crippen LogP contribution is 2.33. The van der Waals surface area contributed by atoms with Crippen LogP contribution in [0.5, 0.6) is 0 Å². The molecule has 0 bridgehead atoms. The Balaban J connectivity index is 1.84. The summed E-state index contributed by atoms with van der Waals surface area (Å²) in [5.41, 5.74) is 4.17. The van der Waals surface area contributed by atoms with Crippen LogP contribution >= 0.6 is 0 Å². The van der Waals surface area contributed by atoms with Crippen LogP contribution in [0.1, 0.15) is 23.6 Å². The Morgan fingerprint density at radius 2 is 1.62 bits per heavy atom. The van der Waals surface area contributed by atoms with E-state index in [1.165, 1.54) is 29.7 Å². The van der Waals surface area contributed by atoms with E-state index in [2.05, 4.69) is 53.8 Å². The zero-order valence-corrected chi connectivity index (χ0v) is 9.19. The summed E-state index contributed by atoms with van der Waals surface area (Å²) in [5, 5.41) is 3.60. The molecule has 1 aliphatic carbocycles. The molecule has 0 amide bonds. The first-order valence-electron chi connectivity index (χ1n) is 5.83. The zero-order chi connectivity index (χ0) is 10.8. The molecule has 80 valence electrons. The first-order valence-corrected chi connectivity index (χ1v) is 5.83. The van der Waals surface area contributed by atoms with E-state index in [0.29, 0.717) is 6.04 Å². The molecule has 1 heteroatoms. The molecular weight excluding hydrogens is 194 g/mol. The molecule has 16 heavy (non-hydrogen) atoms. The largest absolute Gasteiger partial charge is 0.378 e. The minimum atomic E-state index is 0.485. The Morgan fingerprint density at radius 3 is 2.50 bits per heavy atom. The van der Waals surface area contributed by atoms with E-state index >= 15 is 0 Å². The monoisotopic (exact) mass is 209 g/mol. The van der Waals surface area contributed by atoms with Crippen LogP contribution in [0, 0.1) is 0 Å². The molecule has 1 aliphatic rings. The van der Waals surface area contributed by atoms with Crippen LogP contribution in [-0.2, 0) is 6.42 Å². The normalized spacial score (nSPS) is 18.1. The van der Waals surface area contributed by atoms with Gasteiger partial charge in [-0.3, -0.25) is 0 Å². The highest BCUT2D eigenvalue weighted by atomic mass is 14.9. The average Bonchev–Trinajstić information content (AvgIpc) is 2.74. The van der Waals surface area contributed by atoms with E-state index in [1.54, 1.807) is 0 Å². The van der Waals surface area contributed by atoms with E-state index in [9.17, 15) is 0 Å². The van der Waals surface area contributed by atoms with Crippen molar-refractivity contribution < 1.29 is 0 Å². The second-order valence-corrected chi connectivity index (χ2v) is 4.30. The molecule has 1 atom stereocenters. The first kappa shape index (κ1) is 9.46. The van der Waals surface area contributed by atoms with Gasteiger partial charge in [-0.15, -0.1) is 0 Å². The van der Waals surface area contributed by atoms with Gasteiger partial charge in [0.25, 0.3) is 0 Å². The molecule has 0 aromatic heterocycles. The molecule has 2 aromatic carbocycles. The van der Waals surface area contributed by atoms with Crippen molar-refractivity contribution in [1.82, 2.24) is 0 Å². The van der Waals surface area contributed by atoms with Crippen LogP contribution in [0.15, 0.2) is 54.6 Å². The fourth-order valence-corrected chi connectivity index (χ4v) is 2.44. The number of aryl methyl sites for hydroxylation is 1. The van der Waals surface area contributed by atoms with Crippen LogP contribution in [-0.4, -0.2) is 0 Å². The molecule has 1 unspecified atom stereocenters. The van der Waals surface area contributed by atoms with Crippen molar-refractivity contribution in [2.24, 2.45) is 0 Å². The highest BCUT2D eigenvalue weighted by molar-refractivity contribution is 5.47. The van der Waals surface area contributed by atoms with Gasteiger partial charge < -0.3 is 5.32 Å². The molecule has 0 spiro atoms. The summed E-state index contributed by atoms with van der Waals surface area (Å²) in [6.07, 6.45) is 2.40. The quantitative estimate of drug-likeness (QED) is 0.793. The predicted octanol–water partition coefficient (Wildman–Crippen LogP) is 3.79. The third-order valence-electron chi connectivity index (χ3n) is 3.25. The average molecular weight is 209 g/mol. The van der Waals surface area contributed by atoms with Gasteiger partial charge in [-0.05, 0) is 36.1 Å². The van der Waals surface area contributed by atoms with Crippen molar-refractivity contribution in [3.8, 4) is 0 Å². The minimum Gasteiger partial charge on any atom is -0.378 e. The molecular formula is C15H15N. The fourth-order valence-electron chi connectivity index (χ4n) is 2.44. The molecule has 1 nitrogen and oxygen atoms in total. The lowest BCUT2D eigenvalue weighted by Gasteiger charge is -2.15. The first-order chi connectivity index (χ1) is 7.93. The van der Waals surface area contributed by atoms with Gasteiger partial charge in [0.05, 0.1) is 6.04 Å². The van der Waals surface area contributed by atoms with Gasteiger partial charge in [0.2, 0.25) is 0 Å². The summed E-state index contributed by atoms with van der Waals surface area (Å²) in [7, 11) is 0. The molecule has 0 aliphatic heterocycles. The molecule has 0 saturated carbocycles. The van der Waals surface area contributed by atoms with Crippen LogP contribution in [0.4, 0.5) is 5.69 Å². The van der Waals surface area contributed by atoms with Crippen molar-refractivity contribution in [1.29, 1.82) is 0 Å². The summed E-state index contributed by atoms with van der Waals surface area (Å²) in [6.45, 7) is 0. The lowest BCUT2D eigenvalue weighted by Crippen LogP contribution is -2.06. The van der Waals surface area contributed by atoms with Gasteiger partial charge in [0.15, 0.2) is 0 Å². The lowest BCUT2D eigenvalue weighted by molar-refractivity contribution is 0.762. The number of anilines is 1. The maximum atomic E-state index is 3.60. The summed E-state index contributed by atoms with van der Waals surface area (Å²) in [4.78, 5) is 0. The van der Waals surface area contributed by atoms with Crippen LogP contribution in [0.2, 0.25) is 0 Å². The molecule has 0 radical (unpaired) electrons. The van der Waals surface area contributed by atoms with Crippen molar-refractivity contribution >= 4 is 5.69 Å².